The molecule has 38 heavy (non-hydrogen) atoms. The first kappa shape index (κ1) is 26.2. The van der Waals surface area contributed by atoms with Crippen LogP contribution in [0.1, 0.15) is 38.7 Å². The zero-order valence-electron chi connectivity index (χ0n) is 21.8. The van der Waals surface area contributed by atoms with Crippen molar-refractivity contribution in [2.24, 2.45) is 11.8 Å². The molecule has 3 saturated heterocycles. The average molecular weight is 522 g/mol. The van der Waals surface area contributed by atoms with E-state index in [0.29, 0.717) is 43.9 Å². The first-order valence-electron chi connectivity index (χ1n) is 13.4. The highest BCUT2D eigenvalue weighted by molar-refractivity contribution is 6.02. The van der Waals surface area contributed by atoms with Gasteiger partial charge in [0.2, 0.25) is 17.7 Å². The number of anilines is 1. The van der Waals surface area contributed by atoms with Gasteiger partial charge in [0.15, 0.2) is 0 Å². The topological polar surface area (TPSA) is 117 Å². The number of hydrogen-bond donors (Lipinski definition) is 3. The van der Waals surface area contributed by atoms with Crippen LogP contribution in [0.25, 0.3) is 0 Å². The number of hydrogen-bond acceptors (Lipinski definition) is 6. The third kappa shape index (κ3) is 4.43. The van der Waals surface area contributed by atoms with Gasteiger partial charge in [-0.05, 0) is 56.0 Å². The zero-order valence-corrected chi connectivity index (χ0v) is 21.8. The second kappa shape index (κ2) is 10.7. The smallest absolute Gasteiger partial charge is 0.246 e. The van der Waals surface area contributed by atoms with Crippen molar-refractivity contribution in [2.75, 3.05) is 18.5 Å². The van der Waals surface area contributed by atoms with E-state index in [4.69, 9.17) is 9.47 Å². The number of nitrogens with one attached hydrogen (secondary N) is 2. The lowest BCUT2D eigenvalue weighted by molar-refractivity contribution is -0.145. The summed E-state index contributed by atoms with van der Waals surface area (Å²) >= 11 is 0. The zero-order chi connectivity index (χ0) is 26.9. The number of likely N-dealkylation sites (tertiary alicyclic amines) is 1. The summed E-state index contributed by atoms with van der Waals surface area (Å²) in [7, 11) is 0. The van der Waals surface area contributed by atoms with E-state index in [1.54, 1.807) is 24.3 Å². The number of amides is 3. The van der Waals surface area contributed by atoms with Crippen LogP contribution in [-0.4, -0.2) is 64.7 Å². The number of aliphatic hydroxyl groups is 1. The van der Waals surface area contributed by atoms with Crippen LogP contribution in [0.15, 0.2) is 54.6 Å². The van der Waals surface area contributed by atoms with E-state index in [1.165, 1.54) is 4.90 Å². The quantitative estimate of drug-likeness (QED) is 0.442. The second-order valence-electron chi connectivity index (χ2n) is 10.2. The Morgan fingerprint density at radius 3 is 2.53 bits per heavy atom. The molecule has 9 nitrogen and oxygen atoms in total. The van der Waals surface area contributed by atoms with Crippen LogP contribution in [-0.2, 0) is 25.7 Å². The fraction of sp³-hybridized carbons (Fsp3) is 0.483. The van der Waals surface area contributed by atoms with Crippen molar-refractivity contribution in [1.82, 2.24) is 10.2 Å². The summed E-state index contributed by atoms with van der Waals surface area (Å²) < 4.78 is 11.9. The van der Waals surface area contributed by atoms with Gasteiger partial charge in [-0.1, -0.05) is 37.3 Å². The van der Waals surface area contributed by atoms with Crippen LogP contribution in [0.2, 0.25) is 0 Å². The van der Waals surface area contributed by atoms with Crippen molar-refractivity contribution in [1.29, 1.82) is 0 Å². The molecule has 9 heteroatoms. The Balaban J connectivity index is 1.41. The number of nitrogens with zero attached hydrogens (tertiary/aromatic N) is 1. The molecule has 2 unspecified atom stereocenters. The van der Waals surface area contributed by atoms with Gasteiger partial charge < -0.3 is 30.1 Å². The highest BCUT2D eigenvalue weighted by atomic mass is 16.5. The van der Waals surface area contributed by atoms with Crippen LogP contribution >= 0.6 is 0 Å². The molecule has 3 aliphatic rings. The standard InChI is InChI=1S/C29H35N3O6/c1-3-20(17-33)32-25(27(35)30-16-18-8-6-5-7-9-18)29-15-14-22(38-29)23(24(29)28(32)36)26(34)31-19-10-12-21(13-11-19)37-4-2/h5-13,20,22-25,33H,3-4,14-17H2,1-2H3,(H,30,35)(H,31,34)/t20-,22-,23+,24-,25?,29?/m0/s1. The van der Waals surface area contributed by atoms with E-state index in [1.807, 2.05) is 44.2 Å². The molecule has 1 spiro atoms. The Labute approximate surface area is 222 Å². The molecule has 3 N–H and O–H groups in total. The maximum Gasteiger partial charge on any atom is 0.246 e. The number of benzene rings is 2. The van der Waals surface area contributed by atoms with Gasteiger partial charge in [-0.3, -0.25) is 14.4 Å². The largest absolute Gasteiger partial charge is 0.494 e. The van der Waals surface area contributed by atoms with Gasteiger partial charge in [-0.25, -0.2) is 0 Å². The Morgan fingerprint density at radius 2 is 1.87 bits per heavy atom. The van der Waals surface area contributed by atoms with Crippen molar-refractivity contribution in [2.45, 2.75) is 63.4 Å². The van der Waals surface area contributed by atoms with E-state index in [9.17, 15) is 19.5 Å². The minimum atomic E-state index is -1.11. The van der Waals surface area contributed by atoms with Crippen molar-refractivity contribution in [3.63, 3.8) is 0 Å². The van der Waals surface area contributed by atoms with Crippen LogP contribution in [0.5, 0.6) is 5.75 Å². The summed E-state index contributed by atoms with van der Waals surface area (Å²) in [5, 5.41) is 16.0. The molecule has 0 saturated carbocycles. The first-order chi connectivity index (χ1) is 18.4. The number of ether oxygens (including phenoxy) is 2. The van der Waals surface area contributed by atoms with Crippen LogP contribution in [0.3, 0.4) is 0 Å². The molecule has 2 aromatic carbocycles. The molecular weight excluding hydrogens is 486 g/mol. The van der Waals surface area contributed by atoms with Crippen molar-refractivity contribution >= 4 is 23.4 Å². The Kier molecular flexibility index (Phi) is 7.40. The molecule has 2 bridgehead atoms. The van der Waals surface area contributed by atoms with Gasteiger partial charge in [-0.2, -0.15) is 0 Å². The fourth-order valence-corrected chi connectivity index (χ4v) is 6.41. The minimum absolute atomic E-state index is 0.278. The van der Waals surface area contributed by atoms with Gasteiger partial charge >= 0.3 is 0 Å². The normalized spacial score (nSPS) is 28.2. The predicted molar refractivity (Wildman–Crippen MR) is 140 cm³/mol. The average Bonchev–Trinajstić information content (AvgIpc) is 3.58. The van der Waals surface area contributed by atoms with Gasteiger partial charge in [0.05, 0.1) is 37.2 Å². The van der Waals surface area contributed by atoms with E-state index >= 15 is 0 Å². The molecule has 5 rings (SSSR count). The molecule has 3 aliphatic heterocycles. The molecule has 202 valence electrons. The lowest BCUT2D eigenvalue weighted by Gasteiger charge is -2.36. The van der Waals surface area contributed by atoms with Gasteiger partial charge in [-0.15, -0.1) is 0 Å². The van der Waals surface area contributed by atoms with Crippen molar-refractivity contribution < 1.29 is 29.0 Å². The molecule has 0 radical (unpaired) electrons. The SMILES string of the molecule is CCOc1ccc(NC(=O)[C@@H]2[C@@H]3CCC4(O3)C(C(=O)NCc3ccccc3)N([C@@H](CC)CO)C(=O)[C@H]24)cc1. The Morgan fingerprint density at radius 1 is 1.13 bits per heavy atom. The lowest BCUT2D eigenvalue weighted by atomic mass is 9.70. The highest BCUT2D eigenvalue weighted by Crippen LogP contribution is 2.59. The number of carbonyl (C=O) groups is 3. The number of aliphatic hydroxyl groups excluding tert-OH is 1. The molecule has 6 atom stereocenters. The first-order valence-corrected chi connectivity index (χ1v) is 13.4. The Bertz CT molecular complexity index is 1170. The second-order valence-corrected chi connectivity index (χ2v) is 10.2. The molecule has 2 aromatic rings. The molecule has 0 aliphatic carbocycles. The van der Waals surface area contributed by atoms with Crippen LogP contribution < -0.4 is 15.4 Å². The van der Waals surface area contributed by atoms with Gasteiger partial charge in [0, 0.05) is 12.2 Å². The summed E-state index contributed by atoms with van der Waals surface area (Å²) in [6, 6.07) is 15.1. The summed E-state index contributed by atoms with van der Waals surface area (Å²) in [4.78, 5) is 42.7. The molecule has 3 fully saturated rings. The van der Waals surface area contributed by atoms with E-state index in [0.717, 1.165) is 5.56 Å². The summed E-state index contributed by atoms with van der Waals surface area (Å²) in [5.41, 5.74) is 0.423. The molecule has 3 amide bonds. The maximum atomic E-state index is 14.0. The number of carbonyl (C=O) groups excluding carboxylic acids is 3. The minimum Gasteiger partial charge on any atom is -0.494 e. The van der Waals surface area contributed by atoms with Gasteiger partial charge in [0.1, 0.15) is 17.4 Å². The van der Waals surface area contributed by atoms with Gasteiger partial charge in [0.25, 0.3) is 0 Å². The molecule has 3 heterocycles. The van der Waals surface area contributed by atoms with E-state index < -0.39 is 35.6 Å². The fourth-order valence-electron chi connectivity index (χ4n) is 6.41. The van der Waals surface area contributed by atoms with Crippen LogP contribution in [0.4, 0.5) is 5.69 Å². The third-order valence-corrected chi connectivity index (χ3v) is 8.11. The summed E-state index contributed by atoms with van der Waals surface area (Å²) in [5.74, 6) is -1.76. The van der Waals surface area contributed by atoms with Crippen molar-refractivity contribution in [3.05, 3.63) is 60.2 Å². The van der Waals surface area contributed by atoms with E-state index in [-0.39, 0.29) is 24.3 Å². The number of fused-ring (bicyclic) bond motifs is 1. The monoisotopic (exact) mass is 521 g/mol. The van der Waals surface area contributed by atoms with E-state index in [2.05, 4.69) is 10.6 Å². The Hall–Kier alpha value is -3.43. The highest BCUT2D eigenvalue weighted by Gasteiger charge is 2.75. The lowest BCUT2D eigenvalue weighted by Crippen LogP contribution is -2.57. The molecule has 0 aromatic heterocycles. The predicted octanol–water partition coefficient (Wildman–Crippen LogP) is 2.49. The summed E-state index contributed by atoms with van der Waals surface area (Å²) in [6.45, 7) is 4.34. The molecular formula is C29H35N3O6. The third-order valence-electron chi connectivity index (χ3n) is 8.11. The van der Waals surface area contributed by atoms with Crippen LogP contribution in [0, 0.1) is 11.8 Å². The maximum absolute atomic E-state index is 14.0. The van der Waals surface area contributed by atoms with Crippen molar-refractivity contribution in [3.8, 4) is 5.75 Å². The summed E-state index contributed by atoms with van der Waals surface area (Å²) in [6.07, 6.45) is 1.10. The number of rotatable bonds is 10.